The van der Waals surface area contributed by atoms with Crippen LogP contribution in [0.15, 0.2) is 0 Å². The highest BCUT2D eigenvalue weighted by Gasteiger charge is 2.32. The fourth-order valence-electron chi connectivity index (χ4n) is 2.74. The van der Waals surface area contributed by atoms with E-state index in [1.807, 2.05) is 11.8 Å². The van der Waals surface area contributed by atoms with Gasteiger partial charge in [0.05, 0.1) is 4.92 Å². The van der Waals surface area contributed by atoms with E-state index in [9.17, 15) is 15.2 Å². The molecule has 0 radical (unpaired) electrons. The Hall–Kier alpha value is -1.63. The van der Waals surface area contributed by atoms with E-state index in [1.165, 1.54) is 0 Å². The molecule has 2 heterocycles. The van der Waals surface area contributed by atoms with E-state index in [4.69, 9.17) is 0 Å². The van der Waals surface area contributed by atoms with Crippen molar-refractivity contribution in [3.63, 3.8) is 0 Å². The highest BCUT2D eigenvalue weighted by molar-refractivity contribution is 5.61. The van der Waals surface area contributed by atoms with Crippen LogP contribution in [0.2, 0.25) is 0 Å². The summed E-state index contributed by atoms with van der Waals surface area (Å²) in [5, 5.41) is 24.8. The summed E-state index contributed by atoms with van der Waals surface area (Å²) in [6, 6.07) is 0. The van der Waals surface area contributed by atoms with E-state index in [2.05, 4.69) is 5.10 Å². The first-order valence-electron chi connectivity index (χ1n) is 6.64. The van der Waals surface area contributed by atoms with E-state index < -0.39 is 0 Å². The molecular formula is C12H20N4O3. The van der Waals surface area contributed by atoms with Gasteiger partial charge in [-0.05, 0) is 25.2 Å². The third-order valence-corrected chi connectivity index (χ3v) is 3.66. The molecule has 7 nitrogen and oxygen atoms in total. The van der Waals surface area contributed by atoms with Gasteiger partial charge in [0.1, 0.15) is 5.69 Å². The first-order valence-corrected chi connectivity index (χ1v) is 6.64. The van der Waals surface area contributed by atoms with E-state index in [0.717, 1.165) is 19.4 Å². The molecule has 1 fully saturated rings. The van der Waals surface area contributed by atoms with Crippen molar-refractivity contribution in [3.05, 3.63) is 15.8 Å². The van der Waals surface area contributed by atoms with Gasteiger partial charge in [0.2, 0.25) is 5.82 Å². The fourth-order valence-corrected chi connectivity index (χ4v) is 2.74. The maximum atomic E-state index is 11.3. The van der Waals surface area contributed by atoms with Crippen LogP contribution in [0.5, 0.6) is 0 Å². The van der Waals surface area contributed by atoms with Crippen molar-refractivity contribution in [1.29, 1.82) is 0 Å². The Morgan fingerprint density at radius 1 is 1.58 bits per heavy atom. The van der Waals surface area contributed by atoms with Crippen LogP contribution < -0.4 is 4.90 Å². The summed E-state index contributed by atoms with van der Waals surface area (Å²) in [7, 11) is 1.74. The van der Waals surface area contributed by atoms with Gasteiger partial charge in [0.25, 0.3) is 0 Å². The number of aryl methyl sites for hydroxylation is 2. The lowest BCUT2D eigenvalue weighted by Crippen LogP contribution is -2.38. The number of aliphatic hydroxyl groups is 1. The van der Waals surface area contributed by atoms with Crippen LogP contribution in [-0.2, 0) is 13.5 Å². The van der Waals surface area contributed by atoms with Gasteiger partial charge >= 0.3 is 5.69 Å². The number of nitro groups is 1. The predicted molar refractivity (Wildman–Crippen MR) is 71.3 cm³/mol. The van der Waals surface area contributed by atoms with Gasteiger partial charge in [0, 0.05) is 26.7 Å². The Kier molecular flexibility index (Phi) is 4.04. The Morgan fingerprint density at radius 3 is 2.89 bits per heavy atom. The molecule has 1 aromatic heterocycles. The van der Waals surface area contributed by atoms with Gasteiger partial charge < -0.3 is 10.0 Å². The zero-order valence-corrected chi connectivity index (χ0v) is 11.4. The summed E-state index contributed by atoms with van der Waals surface area (Å²) >= 11 is 0. The normalized spacial score (nSPS) is 19.7. The number of nitrogens with zero attached hydrogens (tertiary/aromatic N) is 4. The molecule has 7 heteroatoms. The molecular weight excluding hydrogens is 248 g/mol. The van der Waals surface area contributed by atoms with E-state index >= 15 is 0 Å². The van der Waals surface area contributed by atoms with Gasteiger partial charge in [-0.2, -0.15) is 5.10 Å². The highest BCUT2D eigenvalue weighted by Crippen LogP contribution is 2.34. The number of aliphatic hydroxyl groups excluding tert-OH is 1. The quantitative estimate of drug-likeness (QED) is 0.653. The highest BCUT2D eigenvalue weighted by atomic mass is 16.6. The molecule has 0 saturated carbocycles. The zero-order valence-electron chi connectivity index (χ0n) is 11.4. The molecule has 1 unspecified atom stereocenters. The van der Waals surface area contributed by atoms with Crippen LogP contribution in [0.25, 0.3) is 0 Å². The van der Waals surface area contributed by atoms with Gasteiger partial charge in [0.15, 0.2) is 0 Å². The zero-order chi connectivity index (χ0) is 14.0. The van der Waals surface area contributed by atoms with Crippen LogP contribution >= 0.6 is 0 Å². The molecule has 0 aliphatic carbocycles. The molecule has 1 atom stereocenters. The molecule has 2 rings (SSSR count). The summed E-state index contributed by atoms with van der Waals surface area (Å²) in [6.45, 7) is 3.43. The third kappa shape index (κ3) is 2.56. The molecule has 1 saturated heterocycles. The van der Waals surface area contributed by atoms with Crippen molar-refractivity contribution in [3.8, 4) is 0 Å². The summed E-state index contributed by atoms with van der Waals surface area (Å²) < 4.78 is 1.59. The molecule has 1 aromatic rings. The minimum absolute atomic E-state index is 0.114. The van der Waals surface area contributed by atoms with Gasteiger partial charge in [-0.25, -0.2) is 4.68 Å². The van der Waals surface area contributed by atoms with Gasteiger partial charge in [-0.15, -0.1) is 0 Å². The lowest BCUT2D eigenvalue weighted by atomic mass is 9.99. The van der Waals surface area contributed by atoms with Crippen molar-refractivity contribution in [2.75, 3.05) is 24.6 Å². The fraction of sp³-hybridized carbons (Fsp3) is 0.750. The number of rotatable bonds is 4. The molecule has 0 amide bonds. The summed E-state index contributed by atoms with van der Waals surface area (Å²) in [6.07, 6.45) is 2.45. The van der Waals surface area contributed by atoms with Crippen LogP contribution in [0.1, 0.15) is 25.5 Å². The van der Waals surface area contributed by atoms with Gasteiger partial charge in [-0.1, -0.05) is 6.92 Å². The standard InChI is InChI=1S/C12H20N4O3/c1-3-10-11(16(18)19)12(14(2)13-10)15-6-4-5-9(7-15)8-17/h9,17H,3-8H2,1-2H3. The molecule has 1 aliphatic heterocycles. The first-order chi connectivity index (χ1) is 9.08. The number of hydrogen-bond donors (Lipinski definition) is 1. The molecule has 0 aromatic carbocycles. The average Bonchev–Trinajstić information content (AvgIpc) is 2.75. The number of hydrogen-bond acceptors (Lipinski definition) is 5. The molecule has 0 spiro atoms. The Morgan fingerprint density at radius 2 is 2.32 bits per heavy atom. The predicted octanol–water partition coefficient (Wildman–Crippen LogP) is 1.10. The molecule has 19 heavy (non-hydrogen) atoms. The number of aromatic nitrogens is 2. The van der Waals surface area contributed by atoms with Crippen LogP contribution in [0.3, 0.4) is 0 Å². The number of anilines is 1. The van der Waals surface area contributed by atoms with Crippen molar-refractivity contribution in [1.82, 2.24) is 9.78 Å². The van der Waals surface area contributed by atoms with Crippen LogP contribution in [0, 0.1) is 16.0 Å². The SMILES string of the molecule is CCc1nn(C)c(N2CCCC(CO)C2)c1[N+](=O)[O-]. The largest absolute Gasteiger partial charge is 0.396 e. The van der Waals surface area contributed by atoms with Crippen molar-refractivity contribution in [2.45, 2.75) is 26.2 Å². The maximum Gasteiger partial charge on any atom is 0.334 e. The number of piperidine rings is 1. The van der Waals surface area contributed by atoms with Crippen LogP contribution in [-0.4, -0.2) is 39.5 Å². The Labute approximate surface area is 112 Å². The van der Waals surface area contributed by atoms with Crippen molar-refractivity contribution >= 4 is 11.5 Å². The molecule has 106 valence electrons. The minimum Gasteiger partial charge on any atom is -0.396 e. The Bertz CT molecular complexity index is 472. The minimum atomic E-state index is -0.344. The second-order valence-electron chi connectivity index (χ2n) is 4.99. The molecule has 1 N–H and O–H groups in total. The maximum absolute atomic E-state index is 11.3. The third-order valence-electron chi connectivity index (χ3n) is 3.66. The second kappa shape index (κ2) is 5.56. The topological polar surface area (TPSA) is 84.4 Å². The first kappa shape index (κ1) is 13.8. The lowest BCUT2D eigenvalue weighted by Gasteiger charge is -2.32. The summed E-state index contributed by atoms with van der Waals surface area (Å²) in [4.78, 5) is 12.9. The summed E-state index contributed by atoms with van der Waals surface area (Å²) in [5.74, 6) is 0.758. The average molecular weight is 268 g/mol. The second-order valence-corrected chi connectivity index (χ2v) is 4.99. The Balaban J connectivity index is 2.38. The molecule has 1 aliphatic rings. The van der Waals surface area contributed by atoms with E-state index in [-0.39, 0.29) is 23.1 Å². The van der Waals surface area contributed by atoms with E-state index in [0.29, 0.717) is 24.5 Å². The summed E-state index contributed by atoms with van der Waals surface area (Å²) in [5.41, 5.74) is 0.636. The van der Waals surface area contributed by atoms with E-state index in [1.54, 1.807) is 11.7 Å². The van der Waals surface area contributed by atoms with Crippen LogP contribution in [0.4, 0.5) is 11.5 Å². The van der Waals surface area contributed by atoms with Gasteiger partial charge in [-0.3, -0.25) is 10.1 Å². The van der Waals surface area contributed by atoms with Crippen molar-refractivity contribution in [2.24, 2.45) is 13.0 Å². The lowest BCUT2D eigenvalue weighted by molar-refractivity contribution is -0.384. The smallest absolute Gasteiger partial charge is 0.334 e. The monoisotopic (exact) mass is 268 g/mol. The molecule has 0 bridgehead atoms. The van der Waals surface area contributed by atoms with Crippen molar-refractivity contribution < 1.29 is 10.0 Å².